The SMILES string of the molecule is COc1ccc(C(=O)COC(=O)CNC(=O)c2cc(OC)c(OC)c(OC)c2)cc1F. The van der Waals surface area contributed by atoms with E-state index in [2.05, 4.69) is 5.32 Å². The number of rotatable bonds is 10. The maximum Gasteiger partial charge on any atom is 0.325 e. The summed E-state index contributed by atoms with van der Waals surface area (Å²) in [6, 6.07) is 6.47. The molecule has 0 radical (unpaired) electrons. The van der Waals surface area contributed by atoms with Crippen LogP contribution in [0.15, 0.2) is 30.3 Å². The van der Waals surface area contributed by atoms with Crippen molar-refractivity contribution in [3.8, 4) is 23.0 Å². The fraction of sp³-hybridized carbons (Fsp3) is 0.286. The van der Waals surface area contributed by atoms with Crippen molar-refractivity contribution in [3.63, 3.8) is 0 Å². The lowest BCUT2D eigenvalue weighted by Crippen LogP contribution is -2.31. The predicted octanol–water partition coefficient (Wildman–Crippen LogP) is 2.02. The van der Waals surface area contributed by atoms with Crippen molar-refractivity contribution >= 4 is 17.7 Å². The number of ketones is 1. The Kier molecular flexibility index (Phi) is 8.18. The zero-order chi connectivity index (χ0) is 23.0. The number of carbonyl (C=O) groups is 3. The van der Waals surface area contributed by atoms with E-state index in [1.807, 2.05) is 0 Å². The first-order valence-corrected chi connectivity index (χ1v) is 8.95. The van der Waals surface area contributed by atoms with E-state index in [9.17, 15) is 18.8 Å². The van der Waals surface area contributed by atoms with Gasteiger partial charge >= 0.3 is 5.97 Å². The van der Waals surface area contributed by atoms with Gasteiger partial charge in [-0.2, -0.15) is 0 Å². The predicted molar refractivity (Wildman–Crippen MR) is 107 cm³/mol. The second kappa shape index (κ2) is 10.8. The Bertz CT molecular complexity index is 951. The van der Waals surface area contributed by atoms with Crippen LogP contribution in [0.2, 0.25) is 0 Å². The van der Waals surface area contributed by atoms with Crippen LogP contribution in [0.1, 0.15) is 20.7 Å². The monoisotopic (exact) mass is 435 g/mol. The lowest BCUT2D eigenvalue weighted by molar-refractivity contribution is -0.141. The molecule has 0 saturated carbocycles. The van der Waals surface area contributed by atoms with Crippen LogP contribution in [0.25, 0.3) is 0 Å². The first kappa shape index (κ1) is 23.5. The summed E-state index contributed by atoms with van der Waals surface area (Å²) in [6.45, 7) is -1.09. The van der Waals surface area contributed by atoms with E-state index in [4.69, 9.17) is 23.7 Å². The lowest BCUT2D eigenvalue weighted by atomic mass is 10.1. The first-order chi connectivity index (χ1) is 14.8. The molecule has 0 heterocycles. The molecule has 0 aromatic heterocycles. The molecule has 0 fully saturated rings. The number of benzene rings is 2. The molecule has 0 spiro atoms. The van der Waals surface area contributed by atoms with Gasteiger partial charge in [0.25, 0.3) is 5.91 Å². The second-order valence-corrected chi connectivity index (χ2v) is 6.03. The number of halogens is 1. The largest absolute Gasteiger partial charge is 0.494 e. The van der Waals surface area contributed by atoms with Gasteiger partial charge in [-0.3, -0.25) is 14.4 Å². The highest BCUT2D eigenvalue weighted by atomic mass is 19.1. The van der Waals surface area contributed by atoms with Crippen LogP contribution >= 0.6 is 0 Å². The van der Waals surface area contributed by atoms with Crippen LogP contribution in [0, 0.1) is 5.82 Å². The van der Waals surface area contributed by atoms with E-state index in [0.717, 1.165) is 6.07 Å². The molecule has 0 bridgehead atoms. The Morgan fingerprint density at radius 2 is 1.45 bits per heavy atom. The molecule has 166 valence electrons. The van der Waals surface area contributed by atoms with Crippen molar-refractivity contribution in [1.29, 1.82) is 0 Å². The van der Waals surface area contributed by atoms with Crippen molar-refractivity contribution in [3.05, 3.63) is 47.3 Å². The Hall–Kier alpha value is -3.82. The minimum absolute atomic E-state index is 0.0111. The van der Waals surface area contributed by atoms with Crippen LogP contribution in [0.3, 0.4) is 0 Å². The summed E-state index contributed by atoms with van der Waals surface area (Å²) in [5.74, 6) is -1.91. The molecule has 2 aromatic rings. The van der Waals surface area contributed by atoms with Gasteiger partial charge in [-0.1, -0.05) is 0 Å². The normalized spacial score (nSPS) is 10.1. The molecule has 31 heavy (non-hydrogen) atoms. The molecular formula is C21H22FNO8. The van der Waals surface area contributed by atoms with E-state index in [0.29, 0.717) is 5.75 Å². The number of carbonyl (C=O) groups excluding carboxylic acids is 3. The molecule has 1 N–H and O–H groups in total. The smallest absolute Gasteiger partial charge is 0.325 e. The molecule has 0 aliphatic carbocycles. The average molecular weight is 435 g/mol. The van der Waals surface area contributed by atoms with E-state index in [1.165, 1.54) is 52.7 Å². The standard InChI is InChI=1S/C21H22FNO8/c1-27-16-6-5-12(7-14(16)22)15(24)11-31-19(25)10-23-21(26)13-8-17(28-2)20(30-4)18(9-13)29-3/h5-9H,10-11H2,1-4H3,(H,23,26). The highest BCUT2D eigenvalue weighted by Crippen LogP contribution is 2.38. The molecule has 0 aliphatic rings. The van der Waals surface area contributed by atoms with Crippen molar-refractivity contribution in [2.24, 2.45) is 0 Å². The second-order valence-electron chi connectivity index (χ2n) is 6.03. The third-order valence-corrected chi connectivity index (χ3v) is 4.16. The van der Waals surface area contributed by atoms with Gasteiger partial charge in [0, 0.05) is 11.1 Å². The summed E-state index contributed by atoms with van der Waals surface area (Å²) >= 11 is 0. The highest BCUT2D eigenvalue weighted by Gasteiger charge is 2.18. The molecule has 2 rings (SSSR count). The van der Waals surface area contributed by atoms with Crippen LogP contribution < -0.4 is 24.3 Å². The molecule has 2 aromatic carbocycles. The van der Waals surface area contributed by atoms with Gasteiger partial charge in [-0.15, -0.1) is 0 Å². The number of methoxy groups -OCH3 is 4. The number of ether oxygens (including phenoxy) is 5. The van der Waals surface area contributed by atoms with Gasteiger partial charge < -0.3 is 29.0 Å². The summed E-state index contributed by atoms with van der Waals surface area (Å²) in [5, 5.41) is 2.37. The summed E-state index contributed by atoms with van der Waals surface area (Å²) in [7, 11) is 5.54. The number of hydrogen-bond acceptors (Lipinski definition) is 8. The highest BCUT2D eigenvalue weighted by molar-refractivity contribution is 5.99. The van der Waals surface area contributed by atoms with Crippen molar-refractivity contribution in [2.45, 2.75) is 0 Å². The number of esters is 1. The molecular weight excluding hydrogens is 413 g/mol. The fourth-order valence-corrected chi connectivity index (χ4v) is 2.59. The summed E-state index contributed by atoms with van der Waals surface area (Å²) in [5.41, 5.74) is 0.180. The molecule has 10 heteroatoms. The topological polar surface area (TPSA) is 109 Å². The maximum absolute atomic E-state index is 13.7. The van der Waals surface area contributed by atoms with Crippen molar-refractivity contribution < 1.29 is 42.5 Å². The molecule has 1 amide bonds. The van der Waals surface area contributed by atoms with Crippen LogP contribution in [0.4, 0.5) is 4.39 Å². The number of hydrogen-bond donors (Lipinski definition) is 1. The summed E-state index contributed by atoms with van der Waals surface area (Å²) in [6.07, 6.45) is 0. The maximum atomic E-state index is 13.7. The van der Waals surface area contributed by atoms with Crippen LogP contribution in [-0.4, -0.2) is 59.3 Å². The van der Waals surface area contributed by atoms with Gasteiger partial charge in [0.05, 0.1) is 28.4 Å². The van der Waals surface area contributed by atoms with Crippen molar-refractivity contribution in [2.75, 3.05) is 41.6 Å². The van der Waals surface area contributed by atoms with Gasteiger partial charge in [-0.05, 0) is 30.3 Å². The number of amides is 1. The molecule has 0 aliphatic heterocycles. The fourth-order valence-electron chi connectivity index (χ4n) is 2.59. The van der Waals surface area contributed by atoms with Crippen molar-refractivity contribution in [1.82, 2.24) is 5.32 Å². The molecule has 0 atom stereocenters. The average Bonchev–Trinajstić information content (AvgIpc) is 2.79. The Morgan fingerprint density at radius 1 is 0.839 bits per heavy atom. The minimum Gasteiger partial charge on any atom is -0.494 e. The Balaban J connectivity index is 1.93. The van der Waals surface area contributed by atoms with E-state index in [-0.39, 0.29) is 28.4 Å². The van der Waals surface area contributed by atoms with Crippen LogP contribution in [0.5, 0.6) is 23.0 Å². The van der Waals surface area contributed by atoms with Crippen LogP contribution in [-0.2, 0) is 9.53 Å². The van der Waals surface area contributed by atoms with Gasteiger partial charge in [0.2, 0.25) is 5.75 Å². The van der Waals surface area contributed by atoms with Gasteiger partial charge in [-0.25, -0.2) is 4.39 Å². The minimum atomic E-state index is -0.844. The van der Waals surface area contributed by atoms with Gasteiger partial charge in [0.15, 0.2) is 35.5 Å². The quantitative estimate of drug-likeness (QED) is 0.446. The Labute approximate surface area is 178 Å². The lowest BCUT2D eigenvalue weighted by Gasteiger charge is -2.14. The Morgan fingerprint density at radius 3 is 1.97 bits per heavy atom. The van der Waals surface area contributed by atoms with E-state index < -0.39 is 36.6 Å². The summed E-state index contributed by atoms with van der Waals surface area (Å²) < 4.78 is 38.8. The number of nitrogens with one attached hydrogen (secondary N) is 1. The van der Waals surface area contributed by atoms with E-state index in [1.54, 1.807) is 0 Å². The molecule has 0 unspecified atom stereocenters. The zero-order valence-corrected chi connectivity index (χ0v) is 17.4. The number of Topliss-reactive ketones (excluding diaryl/α,β-unsaturated/α-hetero) is 1. The third-order valence-electron chi connectivity index (χ3n) is 4.16. The van der Waals surface area contributed by atoms with Gasteiger partial charge in [0.1, 0.15) is 6.54 Å². The molecule has 0 saturated heterocycles. The zero-order valence-electron chi connectivity index (χ0n) is 17.4. The molecule has 9 nitrogen and oxygen atoms in total. The third kappa shape index (κ3) is 5.84. The van der Waals surface area contributed by atoms with E-state index >= 15 is 0 Å². The summed E-state index contributed by atoms with van der Waals surface area (Å²) in [4.78, 5) is 36.3. The first-order valence-electron chi connectivity index (χ1n) is 8.95.